The fourth-order valence-electron chi connectivity index (χ4n) is 3.78. The third-order valence-corrected chi connectivity index (χ3v) is 5.89. The lowest BCUT2D eigenvalue weighted by Crippen LogP contribution is -2.28. The van der Waals surface area contributed by atoms with Crippen molar-refractivity contribution in [2.24, 2.45) is 0 Å². The van der Waals surface area contributed by atoms with Crippen molar-refractivity contribution in [1.29, 1.82) is 0 Å². The van der Waals surface area contributed by atoms with Crippen LogP contribution in [0.4, 0.5) is 4.39 Å². The number of halogens is 1. The highest BCUT2D eigenvalue weighted by Crippen LogP contribution is 2.45. The maximum Gasteiger partial charge on any atom is 0.278 e. The zero-order valence-electron chi connectivity index (χ0n) is 17.1. The number of nitrogens with zero attached hydrogens (tertiary/aromatic N) is 4. The molecule has 5 rings (SSSR count). The lowest BCUT2D eigenvalue weighted by atomic mass is 9.77. The van der Waals surface area contributed by atoms with Gasteiger partial charge in [-0.1, -0.05) is 59.3 Å². The summed E-state index contributed by atoms with van der Waals surface area (Å²) in [4.78, 5) is 4.50. The Morgan fingerprint density at radius 3 is 2.43 bits per heavy atom. The standard InChI is InChI=1S/C24H23FN4O/c1-16-4-6-18(7-5-16)15-29-17(2)14-21(27-29)23-26-22(28-30-23)19-8-10-20(11-9-19)24(25)12-3-13-24/h4-11,14H,3,12-13,15H2,1-2H3. The molecular formula is C24H23FN4O. The Morgan fingerprint density at radius 2 is 1.77 bits per heavy atom. The van der Waals surface area contributed by atoms with E-state index in [4.69, 9.17) is 4.52 Å². The molecule has 6 heteroatoms. The quantitative estimate of drug-likeness (QED) is 0.435. The number of rotatable bonds is 5. The minimum Gasteiger partial charge on any atom is -0.332 e. The van der Waals surface area contributed by atoms with Crippen LogP contribution in [0.5, 0.6) is 0 Å². The van der Waals surface area contributed by atoms with E-state index in [9.17, 15) is 4.39 Å². The highest BCUT2D eigenvalue weighted by molar-refractivity contribution is 5.58. The molecule has 1 fully saturated rings. The van der Waals surface area contributed by atoms with Crippen molar-refractivity contribution >= 4 is 0 Å². The molecule has 2 heterocycles. The summed E-state index contributed by atoms with van der Waals surface area (Å²) in [6, 6.07) is 17.7. The van der Waals surface area contributed by atoms with E-state index >= 15 is 0 Å². The summed E-state index contributed by atoms with van der Waals surface area (Å²) in [5.41, 5.74) is 4.44. The Hall–Kier alpha value is -3.28. The third kappa shape index (κ3) is 3.43. The minimum absolute atomic E-state index is 0.376. The van der Waals surface area contributed by atoms with Gasteiger partial charge >= 0.3 is 0 Å². The van der Waals surface area contributed by atoms with Crippen molar-refractivity contribution in [3.63, 3.8) is 0 Å². The fourth-order valence-corrected chi connectivity index (χ4v) is 3.78. The van der Waals surface area contributed by atoms with Crippen LogP contribution in [0, 0.1) is 13.8 Å². The molecule has 4 aromatic rings. The van der Waals surface area contributed by atoms with Gasteiger partial charge in [-0.2, -0.15) is 10.1 Å². The molecule has 0 spiro atoms. The molecule has 2 aromatic carbocycles. The SMILES string of the molecule is Cc1ccc(Cn2nc(-c3nc(-c4ccc(C5(F)CCC5)cc4)no3)cc2C)cc1. The molecule has 0 radical (unpaired) electrons. The Balaban J connectivity index is 1.36. The van der Waals surface area contributed by atoms with Crippen molar-refractivity contribution in [1.82, 2.24) is 19.9 Å². The van der Waals surface area contributed by atoms with Gasteiger partial charge in [-0.15, -0.1) is 0 Å². The first kappa shape index (κ1) is 18.7. The molecule has 0 aliphatic heterocycles. The molecular weight excluding hydrogens is 379 g/mol. The second-order valence-corrected chi connectivity index (χ2v) is 8.13. The van der Waals surface area contributed by atoms with E-state index in [1.165, 1.54) is 11.1 Å². The number of hydrogen-bond donors (Lipinski definition) is 0. The molecule has 5 nitrogen and oxygen atoms in total. The van der Waals surface area contributed by atoms with Gasteiger partial charge < -0.3 is 4.52 Å². The van der Waals surface area contributed by atoms with E-state index in [-0.39, 0.29) is 0 Å². The van der Waals surface area contributed by atoms with Gasteiger partial charge in [0.1, 0.15) is 5.67 Å². The Labute approximate surface area is 174 Å². The summed E-state index contributed by atoms with van der Waals surface area (Å²) in [5.74, 6) is 0.851. The predicted molar refractivity (Wildman–Crippen MR) is 113 cm³/mol. The normalized spacial score (nSPS) is 15.2. The topological polar surface area (TPSA) is 56.7 Å². The van der Waals surface area contributed by atoms with Crippen molar-refractivity contribution in [3.8, 4) is 23.0 Å². The van der Waals surface area contributed by atoms with Crippen LogP contribution in [0.25, 0.3) is 23.0 Å². The van der Waals surface area contributed by atoms with Crippen LogP contribution >= 0.6 is 0 Å². The molecule has 0 N–H and O–H groups in total. The van der Waals surface area contributed by atoms with Crippen LogP contribution in [0.1, 0.15) is 41.6 Å². The summed E-state index contributed by atoms with van der Waals surface area (Å²) in [5, 5.41) is 8.73. The smallest absolute Gasteiger partial charge is 0.278 e. The minimum atomic E-state index is -1.16. The van der Waals surface area contributed by atoms with Crippen LogP contribution in [0.2, 0.25) is 0 Å². The second-order valence-electron chi connectivity index (χ2n) is 8.13. The molecule has 0 atom stereocenters. The van der Waals surface area contributed by atoms with Crippen LogP contribution in [0.3, 0.4) is 0 Å². The van der Waals surface area contributed by atoms with Gasteiger partial charge in [-0.05, 0) is 50.3 Å². The number of aryl methyl sites for hydroxylation is 2. The molecule has 0 saturated heterocycles. The summed E-state index contributed by atoms with van der Waals surface area (Å²) >= 11 is 0. The molecule has 0 unspecified atom stereocenters. The predicted octanol–water partition coefficient (Wildman–Crippen LogP) is 5.61. The van der Waals surface area contributed by atoms with Crippen molar-refractivity contribution < 1.29 is 8.91 Å². The zero-order valence-corrected chi connectivity index (χ0v) is 17.1. The summed E-state index contributed by atoms with van der Waals surface area (Å²) in [6.45, 7) is 4.76. The number of aromatic nitrogens is 4. The van der Waals surface area contributed by atoms with E-state index < -0.39 is 5.67 Å². The van der Waals surface area contributed by atoms with E-state index in [0.717, 1.165) is 23.2 Å². The molecule has 2 aromatic heterocycles. The summed E-state index contributed by atoms with van der Waals surface area (Å²) < 4.78 is 21.9. The maximum atomic E-state index is 14.6. The van der Waals surface area contributed by atoms with Crippen LogP contribution < -0.4 is 0 Å². The maximum absolute atomic E-state index is 14.6. The monoisotopic (exact) mass is 402 g/mol. The molecule has 0 amide bonds. The highest BCUT2D eigenvalue weighted by Gasteiger charge is 2.38. The molecule has 0 bridgehead atoms. The molecule has 30 heavy (non-hydrogen) atoms. The van der Waals surface area contributed by atoms with E-state index in [2.05, 4.69) is 46.4 Å². The van der Waals surface area contributed by atoms with E-state index in [0.29, 0.717) is 36.8 Å². The largest absolute Gasteiger partial charge is 0.332 e. The van der Waals surface area contributed by atoms with Crippen LogP contribution in [-0.4, -0.2) is 19.9 Å². The van der Waals surface area contributed by atoms with E-state index in [1.54, 1.807) is 0 Å². The molecule has 152 valence electrons. The van der Waals surface area contributed by atoms with Gasteiger partial charge in [-0.25, -0.2) is 4.39 Å². The average molecular weight is 402 g/mol. The first-order valence-corrected chi connectivity index (χ1v) is 10.2. The highest BCUT2D eigenvalue weighted by atomic mass is 19.1. The van der Waals surface area contributed by atoms with Gasteiger partial charge in [0.2, 0.25) is 5.82 Å². The first-order chi connectivity index (χ1) is 14.5. The Kier molecular flexibility index (Phi) is 4.50. The lowest BCUT2D eigenvalue weighted by molar-refractivity contribution is 0.0609. The first-order valence-electron chi connectivity index (χ1n) is 10.2. The van der Waals surface area contributed by atoms with Gasteiger partial charge in [0.25, 0.3) is 5.89 Å². The van der Waals surface area contributed by atoms with E-state index in [1.807, 2.05) is 41.9 Å². The lowest BCUT2D eigenvalue weighted by Gasteiger charge is -2.34. The van der Waals surface area contributed by atoms with Gasteiger partial charge in [0, 0.05) is 11.3 Å². The van der Waals surface area contributed by atoms with Crippen LogP contribution in [-0.2, 0) is 12.2 Å². The van der Waals surface area contributed by atoms with Gasteiger partial charge in [0.05, 0.1) is 6.54 Å². The van der Waals surface area contributed by atoms with Crippen LogP contribution in [0.15, 0.2) is 59.1 Å². The number of hydrogen-bond acceptors (Lipinski definition) is 4. The summed E-state index contributed by atoms with van der Waals surface area (Å²) in [7, 11) is 0. The van der Waals surface area contributed by atoms with Gasteiger partial charge in [-0.3, -0.25) is 4.68 Å². The molecule has 1 aliphatic carbocycles. The second kappa shape index (κ2) is 7.20. The zero-order chi connectivity index (χ0) is 20.7. The Bertz CT molecular complexity index is 1170. The average Bonchev–Trinajstić information content (AvgIpc) is 3.35. The van der Waals surface area contributed by atoms with Crippen molar-refractivity contribution in [2.75, 3.05) is 0 Å². The van der Waals surface area contributed by atoms with Crippen molar-refractivity contribution in [3.05, 3.63) is 77.0 Å². The van der Waals surface area contributed by atoms with Gasteiger partial charge in [0.15, 0.2) is 5.69 Å². The molecule has 1 saturated carbocycles. The van der Waals surface area contributed by atoms with Crippen molar-refractivity contribution in [2.45, 2.75) is 45.3 Å². The fraction of sp³-hybridized carbons (Fsp3) is 0.292. The summed E-state index contributed by atoms with van der Waals surface area (Å²) in [6.07, 6.45) is 2.15. The number of alkyl halides is 1. The number of benzene rings is 2. The Morgan fingerprint density at radius 1 is 1.03 bits per heavy atom. The molecule has 1 aliphatic rings. The third-order valence-electron chi connectivity index (χ3n) is 5.89.